The molecule has 6 heteroatoms. The van der Waals surface area contributed by atoms with Gasteiger partial charge in [-0.1, -0.05) is 48.0 Å². The number of aromatic nitrogens is 2. The van der Waals surface area contributed by atoms with Crippen molar-refractivity contribution >= 4 is 28.8 Å². The molecule has 0 amide bonds. The second kappa shape index (κ2) is 6.98. The summed E-state index contributed by atoms with van der Waals surface area (Å²) in [6, 6.07) is 15.7. The van der Waals surface area contributed by atoms with Crippen LogP contribution in [0, 0.1) is 6.92 Å². The average Bonchev–Trinajstić information content (AvgIpc) is 2.90. The van der Waals surface area contributed by atoms with Gasteiger partial charge in [0.05, 0.1) is 5.69 Å². The van der Waals surface area contributed by atoms with Crippen LogP contribution >= 0.6 is 23.1 Å². The van der Waals surface area contributed by atoms with Gasteiger partial charge in [-0.15, -0.1) is 0 Å². The highest BCUT2D eigenvalue weighted by Gasteiger charge is 2.04. The van der Waals surface area contributed by atoms with Crippen LogP contribution in [0.2, 0.25) is 5.02 Å². The molecule has 0 spiro atoms. The third-order valence-electron chi connectivity index (χ3n) is 3.55. The summed E-state index contributed by atoms with van der Waals surface area (Å²) in [5.41, 5.74) is 2.80. The van der Waals surface area contributed by atoms with Crippen LogP contribution in [0.25, 0.3) is 0 Å². The van der Waals surface area contributed by atoms with Crippen LogP contribution in [-0.4, -0.2) is 8.94 Å². The monoisotopic (exact) mass is 345 g/mol. The van der Waals surface area contributed by atoms with E-state index in [1.54, 1.807) is 4.57 Å². The third-order valence-corrected chi connectivity index (χ3v) is 4.73. The molecule has 0 bridgehead atoms. The maximum Gasteiger partial charge on any atom is 0.337 e. The second-order valence-electron chi connectivity index (χ2n) is 5.22. The summed E-state index contributed by atoms with van der Waals surface area (Å²) in [6.45, 7) is 2.53. The number of nitrogens with zero attached hydrogens (tertiary/aromatic N) is 2. The summed E-state index contributed by atoms with van der Waals surface area (Å²) in [7, 11) is 0. The number of H-pyrrole nitrogens is 1. The molecule has 0 saturated carbocycles. The number of aryl methyl sites for hydroxylation is 2. The van der Waals surface area contributed by atoms with E-state index >= 15 is 0 Å². The van der Waals surface area contributed by atoms with Gasteiger partial charge in [0.2, 0.25) is 4.80 Å². The molecule has 2 aromatic carbocycles. The van der Waals surface area contributed by atoms with Crippen LogP contribution in [0.4, 0.5) is 5.69 Å². The van der Waals surface area contributed by atoms with Gasteiger partial charge in [-0.25, -0.2) is 9.79 Å². The summed E-state index contributed by atoms with van der Waals surface area (Å²) in [5, 5.41) is 0.671. The maximum absolute atomic E-state index is 12.0. The van der Waals surface area contributed by atoms with E-state index in [1.807, 2.05) is 43.3 Å². The number of nitrogens with one attached hydrogen (secondary N) is 1. The molecule has 3 rings (SSSR count). The molecule has 0 aliphatic rings. The van der Waals surface area contributed by atoms with Crippen LogP contribution in [0.1, 0.15) is 11.1 Å². The lowest BCUT2D eigenvalue weighted by molar-refractivity contribution is 0.647. The Hall–Kier alpha value is -2.11. The van der Waals surface area contributed by atoms with Gasteiger partial charge in [-0.3, -0.25) is 8.94 Å². The van der Waals surface area contributed by atoms with E-state index in [4.69, 9.17) is 11.6 Å². The first-order valence-electron chi connectivity index (χ1n) is 7.26. The Labute approximate surface area is 142 Å². The minimum atomic E-state index is -0.136. The van der Waals surface area contributed by atoms with Crippen molar-refractivity contribution < 1.29 is 0 Å². The summed E-state index contributed by atoms with van der Waals surface area (Å²) in [5.74, 6) is 0. The van der Waals surface area contributed by atoms with E-state index < -0.39 is 0 Å². The van der Waals surface area contributed by atoms with E-state index in [1.165, 1.54) is 17.1 Å². The molecule has 0 radical (unpaired) electrons. The fraction of sp³-hybridized carbons (Fsp3) is 0.176. The number of halogens is 1. The fourth-order valence-corrected chi connectivity index (χ4v) is 3.11. The van der Waals surface area contributed by atoms with Crippen LogP contribution in [0.3, 0.4) is 0 Å². The summed E-state index contributed by atoms with van der Waals surface area (Å²) in [6.07, 6.45) is 0.780. The van der Waals surface area contributed by atoms with Gasteiger partial charge in [0, 0.05) is 11.6 Å². The first kappa shape index (κ1) is 15.8. The smallest absolute Gasteiger partial charge is 0.267 e. The molecule has 1 N–H and O–H groups in total. The molecular formula is C17H16ClN3OS. The first-order chi connectivity index (χ1) is 11.1. The van der Waals surface area contributed by atoms with Crippen LogP contribution < -0.4 is 10.5 Å². The van der Waals surface area contributed by atoms with Crippen molar-refractivity contribution in [2.45, 2.75) is 19.9 Å². The molecular weight excluding hydrogens is 330 g/mol. The van der Waals surface area contributed by atoms with Crippen molar-refractivity contribution in [2.75, 3.05) is 0 Å². The van der Waals surface area contributed by atoms with Crippen molar-refractivity contribution in [3.05, 3.63) is 80.0 Å². The van der Waals surface area contributed by atoms with E-state index in [9.17, 15) is 4.79 Å². The molecule has 0 fully saturated rings. The quantitative estimate of drug-likeness (QED) is 0.770. The summed E-state index contributed by atoms with van der Waals surface area (Å²) in [4.78, 5) is 17.2. The van der Waals surface area contributed by atoms with Crippen molar-refractivity contribution in [3.63, 3.8) is 0 Å². The van der Waals surface area contributed by atoms with Gasteiger partial charge in [0.25, 0.3) is 0 Å². The van der Waals surface area contributed by atoms with Crippen molar-refractivity contribution in [1.29, 1.82) is 0 Å². The van der Waals surface area contributed by atoms with Gasteiger partial charge in [0.15, 0.2) is 0 Å². The summed E-state index contributed by atoms with van der Waals surface area (Å²) >= 11 is 7.37. The maximum atomic E-state index is 12.0. The van der Waals surface area contributed by atoms with Crippen LogP contribution in [0.5, 0.6) is 0 Å². The van der Waals surface area contributed by atoms with Crippen molar-refractivity contribution in [3.8, 4) is 0 Å². The van der Waals surface area contributed by atoms with Crippen LogP contribution in [0.15, 0.2) is 58.3 Å². The normalized spacial score (nSPS) is 11.8. The first-order valence-corrected chi connectivity index (χ1v) is 8.46. The predicted octanol–water partition coefficient (Wildman–Crippen LogP) is 3.67. The lowest BCUT2D eigenvalue weighted by atomic mass is 10.1. The van der Waals surface area contributed by atoms with Crippen molar-refractivity contribution in [1.82, 2.24) is 8.94 Å². The molecule has 3 aromatic rings. The number of hydrogen-bond donors (Lipinski definition) is 1. The molecule has 0 aliphatic heterocycles. The van der Waals surface area contributed by atoms with Gasteiger partial charge < -0.3 is 0 Å². The van der Waals surface area contributed by atoms with E-state index in [-0.39, 0.29) is 5.69 Å². The molecule has 118 valence electrons. The topological polar surface area (TPSA) is 50.1 Å². The average molecular weight is 346 g/mol. The second-order valence-corrected chi connectivity index (χ2v) is 6.40. The molecule has 1 aromatic heterocycles. The Bertz CT molecular complexity index is 925. The minimum Gasteiger partial charge on any atom is -0.267 e. The number of rotatable bonds is 4. The molecule has 0 atom stereocenters. The molecule has 0 unspecified atom stereocenters. The minimum absolute atomic E-state index is 0.136. The molecule has 0 saturated heterocycles. The Morgan fingerprint density at radius 3 is 2.74 bits per heavy atom. The highest BCUT2D eigenvalue weighted by atomic mass is 35.5. The van der Waals surface area contributed by atoms with Crippen molar-refractivity contribution in [2.24, 2.45) is 4.99 Å². The van der Waals surface area contributed by atoms with Crippen LogP contribution in [-0.2, 0) is 13.0 Å². The zero-order chi connectivity index (χ0) is 16.2. The number of benzene rings is 2. The lowest BCUT2D eigenvalue weighted by Gasteiger charge is -2.02. The molecule has 0 aliphatic carbocycles. The zero-order valence-electron chi connectivity index (χ0n) is 12.6. The SMILES string of the molecule is Cc1ccc(N=c2s[nH]c(=O)n2CCc2ccccc2)cc1Cl. The fourth-order valence-electron chi connectivity index (χ4n) is 2.21. The zero-order valence-corrected chi connectivity index (χ0v) is 14.2. The highest BCUT2D eigenvalue weighted by molar-refractivity contribution is 7.02. The van der Waals surface area contributed by atoms with E-state index in [0.717, 1.165) is 17.7 Å². The lowest BCUT2D eigenvalue weighted by Crippen LogP contribution is -2.27. The van der Waals surface area contributed by atoms with Gasteiger partial charge in [-0.2, -0.15) is 0 Å². The Morgan fingerprint density at radius 2 is 2.00 bits per heavy atom. The third kappa shape index (κ3) is 3.81. The number of aromatic amines is 1. The Kier molecular flexibility index (Phi) is 4.79. The van der Waals surface area contributed by atoms with E-state index in [0.29, 0.717) is 16.4 Å². The van der Waals surface area contributed by atoms with Gasteiger partial charge >= 0.3 is 5.69 Å². The van der Waals surface area contributed by atoms with Gasteiger partial charge in [0.1, 0.15) is 0 Å². The summed E-state index contributed by atoms with van der Waals surface area (Å²) < 4.78 is 4.40. The van der Waals surface area contributed by atoms with E-state index in [2.05, 4.69) is 21.5 Å². The van der Waals surface area contributed by atoms with Gasteiger partial charge in [-0.05, 0) is 48.1 Å². The highest BCUT2D eigenvalue weighted by Crippen LogP contribution is 2.21. The molecule has 23 heavy (non-hydrogen) atoms. The number of hydrogen-bond acceptors (Lipinski definition) is 3. The standard InChI is InChI=1S/C17H16ClN3OS/c1-12-7-8-14(11-15(12)18)19-17-21(16(22)20-23-17)10-9-13-5-3-2-4-6-13/h2-8,11H,9-10H2,1H3,(H,20,22). The molecule has 4 nitrogen and oxygen atoms in total. The predicted molar refractivity (Wildman–Crippen MR) is 94.5 cm³/mol. The largest absolute Gasteiger partial charge is 0.337 e. The Morgan fingerprint density at radius 1 is 1.22 bits per heavy atom. The Balaban J connectivity index is 1.90. The molecule has 1 heterocycles.